The summed E-state index contributed by atoms with van der Waals surface area (Å²) in [4.78, 5) is 43.6. The standard InChI is InChI=1S/C22H23N5O4/c1-4-9-15-18(28)26(13-14-10-7-6-8-11-14)21-23-17-16(27(21)19(15)29)20(30)25(12-5-2)22(31)24(17)3/h5-8,10-11,29H,2,4,9,12-13H2,1,3H3. The van der Waals surface area contributed by atoms with Gasteiger partial charge in [-0.3, -0.25) is 23.3 Å². The van der Waals surface area contributed by atoms with Gasteiger partial charge in [-0.2, -0.15) is 4.98 Å². The van der Waals surface area contributed by atoms with E-state index in [-0.39, 0.29) is 47.0 Å². The zero-order chi connectivity index (χ0) is 22.3. The van der Waals surface area contributed by atoms with Crippen LogP contribution in [-0.4, -0.2) is 28.2 Å². The minimum atomic E-state index is -0.604. The van der Waals surface area contributed by atoms with Gasteiger partial charge in [0, 0.05) is 13.6 Å². The van der Waals surface area contributed by atoms with Crippen molar-refractivity contribution in [1.29, 1.82) is 0 Å². The van der Waals surface area contributed by atoms with Crippen molar-refractivity contribution in [3.63, 3.8) is 0 Å². The summed E-state index contributed by atoms with van der Waals surface area (Å²) in [6.07, 6.45) is 2.42. The molecule has 160 valence electrons. The maximum atomic E-state index is 13.3. The number of fused-ring (bicyclic) bond motifs is 3. The lowest BCUT2D eigenvalue weighted by Crippen LogP contribution is -2.39. The molecule has 0 radical (unpaired) electrons. The number of hydrogen-bond donors (Lipinski definition) is 1. The van der Waals surface area contributed by atoms with E-state index in [1.165, 1.54) is 26.7 Å². The van der Waals surface area contributed by atoms with Crippen molar-refractivity contribution in [2.24, 2.45) is 7.05 Å². The predicted octanol–water partition coefficient (Wildman–Crippen LogP) is 1.40. The highest BCUT2D eigenvalue weighted by atomic mass is 16.3. The Bertz CT molecular complexity index is 1490. The highest BCUT2D eigenvalue weighted by molar-refractivity contribution is 5.76. The molecule has 0 bridgehead atoms. The molecule has 1 aromatic carbocycles. The van der Waals surface area contributed by atoms with E-state index < -0.39 is 11.2 Å². The lowest BCUT2D eigenvalue weighted by Gasteiger charge is -2.13. The van der Waals surface area contributed by atoms with Crippen LogP contribution in [0.2, 0.25) is 0 Å². The molecule has 0 spiro atoms. The van der Waals surface area contributed by atoms with Crippen molar-refractivity contribution in [3.05, 3.63) is 85.3 Å². The third-order valence-electron chi connectivity index (χ3n) is 5.35. The van der Waals surface area contributed by atoms with Crippen LogP contribution in [0.1, 0.15) is 24.5 Å². The second-order valence-corrected chi connectivity index (χ2v) is 7.39. The van der Waals surface area contributed by atoms with Gasteiger partial charge in [0.15, 0.2) is 11.2 Å². The first-order chi connectivity index (χ1) is 14.9. The second-order valence-electron chi connectivity index (χ2n) is 7.39. The predicted molar refractivity (Wildman–Crippen MR) is 118 cm³/mol. The third-order valence-corrected chi connectivity index (χ3v) is 5.35. The van der Waals surface area contributed by atoms with Gasteiger partial charge in [-0.1, -0.05) is 49.8 Å². The van der Waals surface area contributed by atoms with Crippen LogP contribution in [-0.2, 0) is 26.6 Å². The second kappa shape index (κ2) is 7.75. The number of imidazole rings is 1. The lowest BCUT2D eigenvalue weighted by atomic mass is 10.1. The Kier molecular flexibility index (Phi) is 5.10. The zero-order valence-electron chi connectivity index (χ0n) is 17.4. The van der Waals surface area contributed by atoms with E-state index in [2.05, 4.69) is 11.6 Å². The fraction of sp³-hybridized carbons (Fsp3) is 0.273. The summed E-state index contributed by atoms with van der Waals surface area (Å²) in [7, 11) is 1.50. The van der Waals surface area contributed by atoms with Gasteiger partial charge in [-0.15, -0.1) is 6.58 Å². The molecule has 0 saturated carbocycles. The number of aromatic hydroxyl groups is 1. The molecular weight excluding hydrogens is 398 g/mol. The topological polar surface area (TPSA) is 104 Å². The van der Waals surface area contributed by atoms with Crippen molar-refractivity contribution < 1.29 is 5.11 Å². The molecule has 3 heterocycles. The Morgan fingerprint density at radius 1 is 1.10 bits per heavy atom. The Morgan fingerprint density at radius 2 is 1.81 bits per heavy atom. The molecule has 0 fully saturated rings. The molecule has 3 aromatic heterocycles. The van der Waals surface area contributed by atoms with E-state index in [1.54, 1.807) is 0 Å². The van der Waals surface area contributed by atoms with Crippen LogP contribution in [0.25, 0.3) is 16.9 Å². The van der Waals surface area contributed by atoms with E-state index >= 15 is 0 Å². The summed E-state index contributed by atoms with van der Waals surface area (Å²) in [5.74, 6) is -0.223. The summed E-state index contributed by atoms with van der Waals surface area (Å²) >= 11 is 0. The molecule has 31 heavy (non-hydrogen) atoms. The highest BCUT2D eigenvalue weighted by Crippen LogP contribution is 2.22. The maximum absolute atomic E-state index is 13.3. The minimum Gasteiger partial charge on any atom is -0.494 e. The molecule has 0 unspecified atom stereocenters. The smallest absolute Gasteiger partial charge is 0.332 e. The van der Waals surface area contributed by atoms with Gasteiger partial charge in [0.05, 0.1) is 12.1 Å². The molecule has 1 N–H and O–H groups in total. The van der Waals surface area contributed by atoms with Gasteiger partial charge in [0.2, 0.25) is 11.7 Å². The number of benzene rings is 1. The van der Waals surface area contributed by atoms with E-state index in [0.717, 1.165) is 10.1 Å². The van der Waals surface area contributed by atoms with Crippen LogP contribution in [0, 0.1) is 0 Å². The minimum absolute atomic E-state index is 0.0148. The van der Waals surface area contributed by atoms with Crippen LogP contribution in [0.4, 0.5) is 0 Å². The Hall–Kier alpha value is -3.88. The molecular formula is C22H23N5O4. The number of aryl methyl sites for hydroxylation is 1. The third kappa shape index (κ3) is 3.09. The molecule has 9 nitrogen and oxygen atoms in total. The number of nitrogens with zero attached hydrogens (tertiary/aromatic N) is 5. The monoisotopic (exact) mass is 421 g/mol. The first-order valence-corrected chi connectivity index (χ1v) is 10.0. The average molecular weight is 421 g/mol. The Labute approximate surface area is 176 Å². The number of aromatic nitrogens is 5. The molecule has 0 aliphatic heterocycles. The van der Waals surface area contributed by atoms with E-state index in [1.807, 2.05) is 37.3 Å². The van der Waals surface area contributed by atoms with Gasteiger partial charge >= 0.3 is 5.69 Å². The van der Waals surface area contributed by atoms with Gasteiger partial charge in [0.1, 0.15) is 0 Å². The van der Waals surface area contributed by atoms with Crippen molar-refractivity contribution in [1.82, 2.24) is 23.1 Å². The lowest BCUT2D eigenvalue weighted by molar-refractivity contribution is 0.433. The molecule has 0 aliphatic rings. The van der Waals surface area contributed by atoms with Gasteiger partial charge < -0.3 is 5.11 Å². The normalized spacial score (nSPS) is 11.4. The van der Waals surface area contributed by atoms with Crippen molar-refractivity contribution in [2.75, 3.05) is 0 Å². The van der Waals surface area contributed by atoms with Crippen molar-refractivity contribution >= 4 is 16.9 Å². The zero-order valence-corrected chi connectivity index (χ0v) is 17.4. The maximum Gasteiger partial charge on any atom is 0.332 e. The van der Waals surface area contributed by atoms with Crippen LogP contribution in [0.5, 0.6) is 5.88 Å². The summed E-state index contributed by atoms with van der Waals surface area (Å²) in [5, 5.41) is 11.0. The van der Waals surface area contributed by atoms with Crippen molar-refractivity contribution in [2.45, 2.75) is 32.9 Å². The molecule has 4 aromatic rings. The number of rotatable bonds is 6. The summed E-state index contributed by atoms with van der Waals surface area (Å²) < 4.78 is 4.98. The SMILES string of the molecule is C=CCn1c(=O)c2c(nc3n(Cc4ccccc4)c(=O)c(CCC)c(O)n23)n(C)c1=O. The van der Waals surface area contributed by atoms with Crippen LogP contribution >= 0.6 is 0 Å². The first kappa shape index (κ1) is 20.4. The molecule has 4 rings (SSSR count). The van der Waals surface area contributed by atoms with Crippen LogP contribution in [0.15, 0.2) is 57.4 Å². The molecule has 0 atom stereocenters. The largest absolute Gasteiger partial charge is 0.494 e. The van der Waals surface area contributed by atoms with E-state index in [0.29, 0.717) is 12.8 Å². The van der Waals surface area contributed by atoms with E-state index in [9.17, 15) is 19.5 Å². The fourth-order valence-electron chi connectivity index (χ4n) is 3.84. The molecule has 9 heteroatoms. The van der Waals surface area contributed by atoms with Crippen molar-refractivity contribution in [3.8, 4) is 5.88 Å². The summed E-state index contributed by atoms with van der Waals surface area (Å²) in [6, 6.07) is 9.37. The Balaban J connectivity index is 2.20. The van der Waals surface area contributed by atoms with Gasteiger partial charge in [0.25, 0.3) is 11.1 Å². The average Bonchev–Trinajstić information content (AvgIpc) is 3.17. The Morgan fingerprint density at radius 3 is 2.45 bits per heavy atom. The molecule has 0 saturated heterocycles. The van der Waals surface area contributed by atoms with Crippen LogP contribution in [0.3, 0.4) is 0 Å². The summed E-state index contributed by atoms with van der Waals surface area (Å²) in [5.41, 5.74) is -0.323. The number of hydrogen-bond acceptors (Lipinski definition) is 5. The highest BCUT2D eigenvalue weighted by Gasteiger charge is 2.24. The molecule has 0 aliphatic carbocycles. The number of allylic oxidation sites excluding steroid dienone is 1. The first-order valence-electron chi connectivity index (χ1n) is 10.0. The molecule has 0 amide bonds. The van der Waals surface area contributed by atoms with Gasteiger partial charge in [-0.25, -0.2) is 9.20 Å². The van der Waals surface area contributed by atoms with E-state index in [4.69, 9.17) is 0 Å². The van der Waals surface area contributed by atoms with Gasteiger partial charge in [-0.05, 0) is 12.0 Å². The summed E-state index contributed by atoms with van der Waals surface area (Å²) in [6.45, 7) is 5.72. The van der Waals surface area contributed by atoms with Crippen LogP contribution < -0.4 is 16.8 Å². The quantitative estimate of drug-likeness (QED) is 0.474. The fourth-order valence-corrected chi connectivity index (χ4v) is 3.84.